The van der Waals surface area contributed by atoms with Crippen LogP contribution >= 0.6 is 0 Å². The summed E-state index contributed by atoms with van der Waals surface area (Å²) >= 11 is 0. The van der Waals surface area contributed by atoms with Gasteiger partial charge in [-0.1, -0.05) is 13.2 Å². The van der Waals surface area contributed by atoms with Crippen LogP contribution in [-0.2, 0) is 28.9 Å². The van der Waals surface area contributed by atoms with E-state index in [2.05, 4.69) is 44.6 Å². The molecule has 0 saturated heterocycles. The molecule has 0 aliphatic heterocycles. The second-order valence-corrected chi connectivity index (χ2v) is 10.6. The maximum atomic E-state index is 11.5. The maximum absolute atomic E-state index is 11.5. The highest BCUT2D eigenvalue weighted by Crippen LogP contribution is 2.28. The molecule has 10 nitrogen and oxygen atoms in total. The van der Waals surface area contributed by atoms with Gasteiger partial charge in [0.15, 0.2) is 11.8 Å². The molecule has 0 atom stereocenters. The van der Waals surface area contributed by atoms with Gasteiger partial charge in [0.1, 0.15) is 0 Å². The molecule has 8 N–H and O–H groups in total. The minimum Gasteiger partial charge on any atom is -0.494 e. The molecule has 0 radical (unpaired) electrons. The zero-order chi connectivity index (χ0) is 31.6. The predicted octanol–water partition coefficient (Wildman–Crippen LogP) is 2.06. The molecule has 0 aliphatic rings. The fourth-order valence-corrected chi connectivity index (χ4v) is 5.52. The lowest BCUT2D eigenvalue weighted by atomic mass is 9.98. The number of hydrogen-bond acceptors (Lipinski definition) is 4. The number of rotatable bonds is 10. The van der Waals surface area contributed by atoms with Gasteiger partial charge in [-0.2, -0.15) is 0 Å². The summed E-state index contributed by atoms with van der Waals surface area (Å²) < 4.78 is 0. The standard InChI is InChI=1S/C33H36N4O6/c1-7-20-18(5)32(42)36-26(20)13-24-16(3)22(9-11-30(38)39)28(34-24)15-29-23(10-12-31(40)41)17(4)25(35-29)14-27-21(8-2)19(6)33(43)37-27/h13-14,34-37,42-43H,1-2,9-12,15H2,3-6H3,(H,38,39)(H,40,41). The SMILES string of the molecule is C=C=c1c(C)c(O)[nH]c1=Cc1[nH]c(Cc2[nH]c(C=c3[nH]c(O)c(C)c3=C=C)c(C)c2CCC(=O)O)c(CCC(=O)O)c1C. The summed E-state index contributed by atoms with van der Waals surface area (Å²) in [6, 6.07) is 0. The first-order chi connectivity index (χ1) is 20.4. The minimum atomic E-state index is -0.917. The summed E-state index contributed by atoms with van der Waals surface area (Å²) in [5.41, 5.74) is 13.4. The molecule has 0 aliphatic carbocycles. The highest BCUT2D eigenvalue weighted by Gasteiger charge is 2.20. The van der Waals surface area contributed by atoms with E-state index in [1.165, 1.54) is 0 Å². The molecule has 0 aromatic carbocycles. The van der Waals surface area contributed by atoms with Crippen molar-refractivity contribution in [1.29, 1.82) is 0 Å². The summed E-state index contributed by atoms with van der Waals surface area (Å²) in [6.07, 6.45) is 4.48. The molecular formula is C33H36N4O6. The Hall–Kier alpha value is -5.30. The van der Waals surface area contributed by atoms with E-state index in [0.717, 1.165) is 45.0 Å². The molecule has 0 bridgehead atoms. The number of hydrogen-bond donors (Lipinski definition) is 8. The van der Waals surface area contributed by atoms with Crippen molar-refractivity contribution in [3.05, 3.63) is 90.4 Å². The van der Waals surface area contributed by atoms with Crippen molar-refractivity contribution in [3.63, 3.8) is 0 Å². The van der Waals surface area contributed by atoms with Gasteiger partial charge in [-0.25, -0.2) is 0 Å². The third-order valence-electron chi connectivity index (χ3n) is 7.98. The molecule has 0 saturated carbocycles. The third-order valence-corrected chi connectivity index (χ3v) is 7.98. The van der Waals surface area contributed by atoms with Crippen LogP contribution in [0.25, 0.3) is 23.6 Å². The Labute approximate surface area is 247 Å². The molecule has 224 valence electrons. The number of carbonyl (C=O) groups is 2. The van der Waals surface area contributed by atoms with Gasteiger partial charge in [-0.3, -0.25) is 9.59 Å². The summed E-state index contributed by atoms with van der Waals surface area (Å²) in [7, 11) is 0. The average molecular weight is 585 g/mol. The fraction of sp³-hybridized carbons (Fsp3) is 0.273. The van der Waals surface area contributed by atoms with Crippen LogP contribution in [0.1, 0.15) is 69.0 Å². The summed E-state index contributed by atoms with van der Waals surface area (Å²) in [5, 5.41) is 41.8. The van der Waals surface area contributed by atoms with Gasteiger partial charge in [-0.15, -0.1) is 11.5 Å². The van der Waals surface area contributed by atoms with Gasteiger partial charge < -0.3 is 40.4 Å². The van der Waals surface area contributed by atoms with Crippen LogP contribution in [0.3, 0.4) is 0 Å². The van der Waals surface area contributed by atoms with E-state index in [9.17, 15) is 30.0 Å². The number of aromatic amines is 4. The van der Waals surface area contributed by atoms with Crippen LogP contribution in [0.5, 0.6) is 11.8 Å². The molecule has 0 fully saturated rings. The zero-order valence-corrected chi connectivity index (χ0v) is 24.7. The highest BCUT2D eigenvalue weighted by atomic mass is 16.4. The second-order valence-electron chi connectivity index (χ2n) is 10.6. The Morgan fingerprint density at radius 1 is 0.674 bits per heavy atom. The van der Waals surface area contributed by atoms with E-state index in [0.29, 0.717) is 51.5 Å². The number of nitrogens with one attached hydrogen (secondary N) is 4. The van der Waals surface area contributed by atoms with Crippen molar-refractivity contribution in [1.82, 2.24) is 19.9 Å². The zero-order valence-electron chi connectivity index (χ0n) is 24.7. The fourth-order valence-electron chi connectivity index (χ4n) is 5.52. The normalized spacial score (nSPS) is 12.1. The Morgan fingerprint density at radius 3 is 1.37 bits per heavy atom. The maximum Gasteiger partial charge on any atom is 0.303 e. The van der Waals surface area contributed by atoms with Gasteiger partial charge in [0.25, 0.3) is 0 Å². The molecule has 4 heterocycles. The molecule has 10 heteroatoms. The molecular weight excluding hydrogens is 548 g/mol. The van der Waals surface area contributed by atoms with Crippen molar-refractivity contribution < 1.29 is 30.0 Å². The molecule has 0 unspecified atom stereocenters. The first-order valence-electron chi connectivity index (χ1n) is 13.8. The number of aliphatic carboxylic acids is 2. The largest absolute Gasteiger partial charge is 0.494 e. The molecule has 4 rings (SSSR count). The minimum absolute atomic E-state index is 0.0180. The molecule has 0 spiro atoms. The number of aromatic hydroxyl groups is 2. The van der Waals surface area contributed by atoms with E-state index < -0.39 is 11.9 Å². The Kier molecular flexibility index (Phi) is 8.76. The van der Waals surface area contributed by atoms with Crippen molar-refractivity contribution in [2.75, 3.05) is 0 Å². The Morgan fingerprint density at radius 2 is 1.05 bits per heavy atom. The van der Waals surface area contributed by atoms with Crippen molar-refractivity contribution in [2.45, 2.75) is 59.8 Å². The first-order valence-corrected chi connectivity index (χ1v) is 13.8. The van der Waals surface area contributed by atoms with Crippen LogP contribution < -0.4 is 21.1 Å². The smallest absolute Gasteiger partial charge is 0.303 e. The van der Waals surface area contributed by atoms with Gasteiger partial charge in [0.2, 0.25) is 0 Å². The van der Waals surface area contributed by atoms with Gasteiger partial charge >= 0.3 is 11.9 Å². The van der Waals surface area contributed by atoms with Crippen molar-refractivity contribution in [2.24, 2.45) is 0 Å². The Balaban J connectivity index is 1.90. The van der Waals surface area contributed by atoms with E-state index in [1.807, 2.05) is 26.0 Å². The lowest BCUT2D eigenvalue weighted by Gasteiger charge is -2.07. The number of H-pyrrole nitrogens is 4. The van der Waals surface area contributed by atoms with E-state index in [1.54, 1.807) is 13.8 Å². The number of aromatic nitrogens is 4. The van der Waals surface area contributed by atoms with Crippen LogP contribution in [-0.4, -0.2) is 52.3 Å². The van der Waals surface area contributed by atoms with E-state index >= 15 is 0 Å². The van der Waals surface area contributed by atoms with E-state index in [-0.39, 0.29) is 24.6 Å². The summed E-state index contributed by atoms with van der Waals surface area (Å²) in [5.74, 6) is -1.80. The highest BCUT2D eigenvalue weighted by molar-refractivity contribution is 5.68. The van der Waals surface area contributed by atoms with Gasteiger partial charge in [0, 0.05) is 63.6 Å². The van der Waals surface area contributed by atoms with E-state index in [4.69, 9.17) is 0 Å². The third kappa shape index (κ3) is 6.16. The first kappa shape index (κ1) is 30.7. The molecule has 4 aromatic heterocycles. The topological polar surface area (TPSA) is 178 Å². The molecule has 43 heavy (non-hydrogen) atoms. The lowest BCUT2D eigenvalue weighted by Crippen LogP contribution is -2.23. The Bertz CT molecular complexity index is 1890. The van der Waals surface area contributed by atoms with Crippen LogP contribution in [0.2, 0.25) is 0 Å². The molecule has 4 aromatic rings. The number of carboxylic acid groups (broad SMARTS) is 2. The monoisotopic (exact) mass is 584 g/mol. The summed E-state index contributed by atoms with van der Waals surface area (Å²) in [4.78, 5) is 35.8. The van der Waals surface area contributed by atoms with Crippen LogP contribution in [0.4, 0.5) is 0 Å². The quantitative estimate of drug-likeness (QED) is 0.141. The van der Waals surface area contributed by atoms with Gasteiger partial charge in [-0.05, 0) is 74.9 Å². The van der Waals surface area contributed by atoms with Crippen molar-refractivity contribution >= 4 is 35.6 Å². The van der Waals surface area contributed by atoms with Crippen LogP contribution in [0.15, 0.2) is 13.2 Å². The molecule has 0 amide bonds. The predicted molar refractivity (Wildman–Crippen MR) is 164 cm³/mol. The average Bonchev–Trinajstić information content (AvgIpc) is 3.59. The van der Waals surface area contributed by atoms with Crippen molar-refractivity contribution in [3.8, 4) is 11.8 Å². The van der Waals surface area contributed by atoms with Crippen LogP contribution in [0, 0.1) is 27.7 Å². The van der Waals surface area contributed by atoms with Gasteiger partial charge in [0.05, 0.1) is 10.7 Å². The lowest BCUT2D eigenvalue weighted by molar-refractivity contribution is -0.138. The summed E-state index contributed by atoms with van der Waals surface area (Å²) in [6.45, 7) is 14.8. The number of carboxylic acids is 2. The second kappa shape index (κ2) is 12.3.